The Balaban J connectivity index is 1.55. The third-order valence-corrected chi connectivity index (χ3v) is 6.42. The Morgan fingerprint density at radius 1 is 1.17 bits per heavy atom. The number of rotatable bonds is 7. The lowest BCUT2D eigenvalue weighted by Crippen LogP contribution is -2.50. The first-order chi connectivity index (χ1) is 13.9. The van der Waals surface area contributed by atoms with Crippen LogP contribution in [0.1, 0.15) is 56.9 Å². The molecule has 1 saturated carbocycles. The van der Waals surface area contributed by atoms with Gasteiger partial charge in [-0.15, -0.1) is 0 Å². The van der Waals surface area contributed by atoms with E-state index in [4.69, 9.17) is 5.73 Å². The zero-order chi connectivity index (χ0) is 20.9. The van der Waals surface area contributed by atoms with Crippen molar-refractivity contribution in [2.75, 3.05) is 13.1 Å². The van der Waals surface area contributed by atoms with Gasteiger partial charge in [0, 0.05) is 31.5 Å². The molecule has 1 unspecified atom stereocenters. The molecule has 0 bridgehead atoms. The van der Waals surface area contributed by atoms with Gasteiger partial charge in [-0.2, -0.15) is 5.26 Å². The summed E-state index contributed by atoms with van der Waals surface area (Å²) in [7, 11) is 0. The average molecular weight is 400 g/mol. The molecule has 1 atom stereocenters. The lowest BCUT2D eigenvalue weighted by atomic mass is 9.70. The number of benzene rings is 1. The quantitative estimate of drug-likeness (QED) is 0.735. The first-order valence-corrected chi connectivity index (χ1v) is 10.4. The molecule has 0 radical (unpaired) electrons. The predicted molar refractivity (Wildman–Crippen MR) is 107 cm³/mol. The second-order valence-electron chi connectivity index (χ2n) is 8.53. The van der Waals surface area contributed by atoms with Crippen LogP contribution in [0.5, 0.6) is 0 Å². The zero-order valence-electron chi connectivity index (χ0n) is 16.8. The number of hydrogen-bond acceptors (Lipinski definition) is 4. The standard InChI is InChI=1S/C22H29FN4O2/c23-18-6-4-17(5-7-18)14-27-13-12-22(15-24,16-27)26-19(28)8-11-21(20(25)29)9-2-1-3-10-21/h4-7H,1-3,8-14,16H2,(H2,25,29)(H,26,28). The summed E-state index contributed by atoms with van der Waals surface area (Å²) in [4.78, 5) is 26.7. The molecule has 1 aliphatic heterocycles. The van der Waals surface area contributed by atoms with Gasteiger partial charge in [-0.3, -0.25) is 14.5 Å². The number of carbonyl (C=O) groups is 2. The summed E-state index contributed by atoms with van der Waals surface area (Å²) in [5.74, 6) is -0.798. The lowest BCUT2D eigenvalue weighted by molar-refractivity contribution is -0.131. The highest BCUT2D eigenvalue weighted by Crippen LogP contribution is 2.40. The number of primary amides is 1. The van der Waals surface area contributed by atoms with Crippen molar-refractivity contribution in [2.24, 2.45) is 11.1 Å². The molecule has 1 aromatic rings. The summed E-state index contributed by atoms with van der Waals surface area (Å²) in [6, 6.07) is 8.58. The van der Waals surface area contributed by atoms with E-state index in [1.807, 2.05) is 0 Å². The van der Waals surface area contributed by atoms with Crippen molar-refractivity contribution in [3.8, 4) is 6.07 Å². The summed E-state index contributed by atoms with van der Waals surface area (Å²) in [6.07, 6.45) is 5.68. The minimum Gasteiger partial charge on any atom is -0.369 e. The summed E-state index contributed by atoms with van der Waals surface area (Å²) in [5.41, 5.74) is 5.11. The third kappa shape index (κ3) is 5.13. The number of carbonyl (C=O) groups excluding carboxylic acids is 2. The molecule has 2 aliphatic rings. The van der Waals surface area contributed by atoms with Crippen LogP contribution in [0, 0.1) is 22.6 Å². The van der Waals surface area contributed by atoms with Crippen LogP contribution in [0.4, 0.5) is 4.39 Å². The third-order valence-electron chi connectivity index (χ3n) is 6.42. The smallest absolute Gasteiger partial charge is 0.223 e. The Kier molecular flexibility index (Phi) is 6.53. The monoisotopic (exact) mass is 400 g/mol. The Morgan fingerprint density at radius 3 is 2.48 bits per heavy atom. The van der Waals surface area contributed by atoms with E-state index in [2.05, 4.69) is 16.3 Å². The molecule has 2 fully saturated rings. The predicted octanol–water partition coefficient (Wildman–Crippen LogP) is 2.63. The minimum absolute atomic E-state index is 0.199. The highest BCUT2D eigenvalue weighted by molar-refractivity contribution is 5.83. The molecule has 1 heterocycles. The summed E-state index contributed by atoms with van der Waals surface area (Å²) >= 11 is 0. The maximum atomic E-state index is 13.1. The van der Waals surface area contributed by atoms with Gasteiger partial charge >= 0.3 is 0 Å². The number of likely N-dealkylation sites (tertiary alicyclic amines) is 1. The number of halogens is 1. The molecule has 6 nitrogen and oxygen atoms in total. The van der Waals surface area contributed by atoms with Gasteiger partial charge in [0.05, 0.1) is 6.07 Å². The normalized spacial score (nSPS) is 24.0. The van der Waals surface area contributed by atoms with E-state index in [1.165, 1.54) is 12.1 Å². The van der Waals surface area contributed by atoms with E-state index in [-0.39, 0.29) is 24.1 Å². The largest absolute Gasteiger partial charge is 0.369 e. The Labute approximate surface area is 171 Å². The molecule has 156 valence electrons. The van der Waals surface area contributed by atoms with Crippen LogP contribution in [0.25, 0.3) is 0 Å². The van der Waals surface area contributed by atoms with E-state index >= 15 is 0 Å². The number of nitrogens with zero attached hydrogens (tertiary/aromatic N) is 2. The number of amides is 2. The molecule has 3 N–H and O–H groups in total. The molecular formula is C22H29FN4O2. The Morgan fingerprint density at radius 2 is 1.86 bits per heavy atom. The molecule has 7 heteroatoms. The molecule has 1 aromatic carbocycles. The topological polar surface area (TPSA) is 99.2 Å². The Bertz CT molecular complexity index is 783. The van der Waals surface area contributed by atoms with Crippen molar-refractivity contribution in [3.05, 3.63) is 35.6 Å². The van der Waals surface area contributed by atoms with Gasteiger partial charge in [-0.25, -0.2) is 4.39 Å². The molecule has 1 aliphatic carbocycles. The van der Waals surface area contributed by atoms with Crippen molar-refractivity contribution in [1.29, 1.82) is 5.26 Å². The van der Waals surface area contributed by atoms with E-state index < -0.39 is 11.0 Å². The van der Waals surface area contributed by atoms with E-state index in [0.29, 0.717) is 32.5 Å². The average Bonchev–Trinajstić information content (AvgIpc) is 3.11. The van der Waals surface area contributed by atoms with Crippen LogP contribution < -0.4 is 11.1 Å². The zero-order valence-corrected chi connectivity index (χ0v) is 16.8. The van der Waals surface area contributed by atoms with Crippen molar-refractivity contribution in [2.45, 2.75) is 63.5 Å². The van der Waals surface area contributed by atoms with Gasteiger partial charge in [-0.1, -0.05) is 31.4 Å². The van der Waals surface area contributed by atoms with Crippen molar-refractivity contribution >= 4 is 11.8 Å². The number of nitriles is 1. The van der Waals surface area contributed by atoms with Crippen LogP contribution in [0.3, 0.4) is 0 Å². The van der Waals surface area contributed by atoms with Gasteiger partial charge in [0.15, 0.2) is 0 Å². The fourth-order valence-corrected chi connectivity index (χ4v) is 4.62. The summed E-state index contributed by atoms with van der Waals surface area (Å²) in [5, 5.41) is 12.6. The Hall–Kier alpha value is -2.46. The lowest BCUT2D eigenvalue weighted by Gasteiger charge is -2.34. The number of nitrogens with two attached hydrogens (primary N) is 1. The fourth-order valence-electron chi connectivity index (χ4n) is 4.62. The van der Waals surface area contributed by atoms with Gasteiger partial charge in [0.1, 0.15) is 11.4 Å². The molecule has 2 amide bonds. The second-order valence-corrected chi connectivity index (χ2v) is 8.53. The summed E-state index contributed by atoms with van der Waals surface area (Å²) in [6.45, 7) is 1.70. The van der Waals surface area contributed by atoms with E-state index in [9.17, 15) is 19.2 Å². The highest BCUT2D eigenvalue weighted by atomic mass is 19.1. The molecule has 1 saturated heterocycles. The van der Waals surface area contributed by atoms with Gasteiger partial charge in [-0.05, 0) is 43.4 Å². The minimum atomic E-state index is -0.927. The first kappa shape index (κ1) is 21.3. The van der Waals surface area contributed by atoms with Crippen LogP contribution in [0.2, 0.25) is 0 Å². The number of nitrogens with one attached hydrogen (secondary N) is 1. The van der Waals surface area contributed by atoms with Crippen molar-refractivity contribution in [1.82, 2.24) is 10.2 Å². The van der Waals surface area contributed by atoms with Crippen LogP contribution >= 0.6 is 0 Å². The van der Waals surface area contributed by atoms with Crippen LogP contribution in [-0.4, -0.2) is 35.3 Å². The van der Waals surface area contributed by atoms with Crippen LogP contribution in [0.15, 0.2) is 24.3 Å². The summed E-state index contributed by atoms with van der Waals surface area (Å²) < 4.78 is 13.1. The maximum Gasteiger partial charge on any atom is 0.223 e. The van der Waals surface area contributed by atoms with Gasteiger partial charge in [0.25, 0.3) is 0 Å². The molecule has 29 heavy (non-hydrogen) atoms. The molecule has 0 aromatic heterocycles. The molecule has 3 rings (SSSR count). The fraction of sp³-hybridized carbons (Fsp3) is 0.591. The SMILES string of the molecule is N#CC1(NC(=O)CCC2(C(N)=O)CCCCC2)CCN(Cc2ccc(F)cc2)C1. The molecular weight excluding hydrogens is 371 g/mol. The van der Waals surface area contributed by atoms with Gasteiger partial charge in [0.2, 0.25) is 11.8 Å². The molecule has 0 spiro atoms. The van der Waals surface area contributed by atoms with Gasteiger partial charge < -0.3 is 11.1 Å². The van der Waals surface area contributed by atoms with E-state index in [1.54, 1.807) is 12.1 Å². The van der Waals surface area contributed by atoms with Crippen molar-refractivity contribution < 1.29 is 14.0 Å². The first-order valence-electron chi connectivity index (χ1n) is 10.4. The maximum absolute atomic E-state index is 13.1. The van der Waals surface area contributed by atoms with Crippen LogP contribution in [-0.2, 0) is 16.1 Å². The van der Waals surface area contributed by atoms with E-state index in [0.717, 1.165) is 37.7 Å². The second kappa shape index (κ2) is 8.91. The highest BCUT2D eigenvalue weighted by Gasteiger charge is 2.41. The number of hydrogen-bond donors (Lipinski definition) is 2. The van der Waals surface area contributed by atoms with Crippen molar-refractivity contribution in [3.63, 3.8) is 0 Å².